The normalized spacial score (nSPS) is 10.7. The molecule has 1 N–H and O–H groups in total. The highest BCUT2D eigenvalue weighted by Crippen LogP contribution is 2.25. The lowest BCUT2D eigenvalue weighted by Crippen LogP contribution is -2.25. The topological polar surface area (TPSA) is 153 Å². The van der Waals surface area contributed by atoms with Crippen LogP contribution >= 0.6 is 0 Å². The molecule has 0 aliphatic heterocycles. The maximum absolute atomic E-state index is 12.1. The first-order valence-electron chi connectivity index (χ1n) is 9.60. The summed E-state index contributed by atoms with van der Waals surface area (Å²) in [5, 5.41) is 24.1. The molecule has 2 heterocycles. The largest absolute Gasteiger partial charge is 0.467 e. The summed E-state index contributed by atoms with van der Waals surface area (Å²) in [5.74, 6) is 0.207. The predicted octanol–water partition coefficient (Wildman–Crippen LogP) is 3.11. The molecule has 0 atom stereocenters. The fourth-order valence-electron chi connectivity index (χ4n) is 2.89. The van der Waals surface area contributed by atoms with E-state index in [1.807, 2.05) is 6.07 Å². The monoisotopic (exact) mass is 449 g/mol. The van der Waals surface area contributed by atoms with Crippen LogP contribution in [0, 0.1) is 28.4 Å². The Balaban J connectivity index is 1.59. The number of aryl methyl sites for hydroxylation is 1. The average Bonchev–Trinajstić information content (AvgIpc) is 3.27. The van der Waals surface area contributed by atoms with Crippen LogP contribution < -0.4 is 10.2 Å². The molecule has 0 aliphatic rings. The minimum atomic E-state index is -0.572. The first-order valence-corrected chi connectivity index (χ1v) is 9.60. The van der Waals surface area contributed by atoms with Crippen LogP contribution in [0.1, 0.15) is 22.6 Å². The van der Waals surface area contributed by atoms with Crippen molar-refractivity contribution in [3.8, 4) is 23.3 Å². The van der Waals surface area contributed by atoms with E-state index in [0.717, 1.165) is 0 Å². The number of aromatic nitrogens is 1. The third-order valence-corrected chi connectivity index (χ3v) is 4.30. The van der Waals surface area contributed by atoms with Crippen LogP contribution in [0.2, 0.25) is 0 Å². The number of nitro groups is 1. The Morgan fingerprint density at radius 2 is 2.18 bits per heavy atom. The second-order valence-corrected chi connectivity index (χ2v) is 6.74. The Kier molecular flexibility index (Phi) is 7.46. The van der Waals surface area contributed by atoms with E-state index in [4.69, 9.17) is 13.9 Å². The Morgan fingerprint density at radius 3 is 2.91 bits per heavy atom. The number of methoxy groups -OCH3 is 1. The lowest BCUT2D eigenvalue weighted by atomic mass is 10.1. The van der Waals surface area contributed by atoms with Gasteiger partial charge >= 0.3 is 0 Å². The zero-order valence-corrected chi connectivity index (χ0v) is 17.8. The number of carbonyl (C=O) groups is 1. The summed E-state index contributed by atoms with van der Waals surface area (Å²) in [6.07, 6.45) is 1.28. The molecular formula is C22H19N5O6. The van der Waals surface area contributed by atoms with Gasteiger partial charge in [0, 0.05) is 36.1 Å². The molecule has 3 rings (SSSR count). The number of hydrazone groups is 1. The van der Waals surface area contributed by atoms with Gasteiger partial charge in [-0.1, -0.05) is 12.1 Å². The van der Waals surface area contributed by atoms with Gasteiger partial charge in [0.05, 0.1) is 17.7 Å². The van der Waals surface area contributed by atoms with Crippen molar-refractivity contribution in [1.29, 1.82) is 5.26 Å². The smallest absolute Gasteiger partial charge is 0.278 e. The maximum Gasteiger partial charge on any atom is 0.278 e. The third kappa shape index (κ3) is 5.99. The molecule has 3 aromatic rings. The Morgan fingerprint density at radius 1 is 1.36 bits per heavy atom. The molecule has 11 nitrogen and oxygen atoms in total. The van der Waals surface area contributed by atoms with Crippen LogP contribution in [0.5, 0.6) is 5.88 Å². The number of ether oxygens (including phenoxy) is 2. The molecule has 1 amide bonds. The van der Waals surface area contributed by atoms with E-state index < -0.39 is 17.4 Å². The number of nitro benzene ring substituents is 1. The molecule has 0 saturated heterocycles. The van der Waals surface area contributed by atoms with E-state index in [2.05, 4.69) is 15.5 Å². The van der Waals surface area contributed by atoms with E-state index in [0.29, 0.717) is 28.3 Å². The van der Waals surface area contributed by atoms with Gasteiger partial charge in [0.15, 0.2) is 6.61 Å². The number of nitrogens with one attached hydrogen (secondary N) is 1. The van der Waals surface area contributed by atoms with Gasteiger partial charge in [-0.25, -0.2) is 10.4 Å². The standard InChI is InChI=1S/C22H19N5O6/c1-14-8-16(12-31-2)19(10-23)22(25-14)32-13-21(28)26-24-11-18-6-7-20(33-18)15-4-3-5-17(9-15)27(29)30/h3-9,11H,12-13H2,1-2H3,(H,26,28)/b24-11+. The molecule has 0 bridgehead atoms. The molecule has 0 spiro atoms. The van der Waals surface area contributed by atoms with Gasteiger partial charge in [-0.3, -0.25) is 14.9 Å². The van der Waals surface area contributed by atoms with Gasteiger partial charge in [0.2, 0.25) is 5.88 Å². The third-order valence-electron chi connectivity index (χ3n) is 4.30. The molecule has 0 fully saturated rings. The quantitative estimate of drug-likeness (QED) is 0.297. The molecule has 0 radical (unpaired) electrons. The van der Waals surface area contributed by atoms with Crippen molar-refractivity contribution in [2.24, 2.45) is 5.10 Å². The second kappa shape index (κ2) is 10.7. The SMILES string of the molecule is COCc1cc(C)nc(OCC(=O)N/N=C/c2ccc(-c3cccc([N+](=O)[O-])c3)o2)c1C#N. The van der Waals surface area contributed by atoms with Crippen molar-refractivity contribution < 1.29 is 23.6 Å². The van der Waals surface area contributed by atoms with E-state index in [9.17, 15) is 20.2 Å². The number of amides is 1. The van der Waals surface area contributed by atoms with E-state index in [-0.39, 0.29) is 23.7 Å². The van der Waals surface area contributed by atoms with Crippen LogP contribution in [0.3, 0.4) is 0 Å². The molecule has 11 heteroatoms. The van der Waals surface area contributed by atoms with Crippen molar-refractivity contribution in [2.45, 2.75) is 13.5 Å². The summed E-state index contributed by atoms with van der Waals surface area (Å²) in [6.45, 7) is 1.54. The summed E-state index contributed by atoms with van der Waals surface area (Å²) in [5.41, 5.74) is 4.19. The number of pyridine rings is 1. The highest BCUT2D eigenvalue weighted by molar-refractivity contribution is 5.81. The van der Waals surface area contributed by atoms with Crippen LogP contribution in [0.25, 0.3) is 11.3 Å². The van der Waals surface area contributed by atoms with Gasteiger partial charge in [-0.15, -0.1) is 0 Å². The number of non-ortho nitro benzene ring substituents is 1. The number of hydrogen-bond acceptors (Lipinski definition) is 9. The first kappa shape index (κ1) is 23.1. The lowest BCUT2D eigenvalue weighted by Gasteiger charge is -2.10. The Bertz CT molecular complexity index is 1240. The number of nitrogens with zero attached hydrogens (tertiary/aromatic N) is 4. The van der Waals surface area contributed by atoms with Crippen LogP contribution in [0.4, 0.5) is 5.69 Å². The zero-order valence-electron chi connectivity index (χ0n) is 17.8. The van der Waals surface area contributed by atoms with E-state index in [1.165, 1.54) is 25.5 Å². The van der Waals surface area contributed by atoms with Crippen molar-refractivity contribution >= 4 is 17.8 Å². The van der Waals surface area contributed by atoms with Crippen LogP contribution in [-0.2, 0) is 16.1 Å². The summed E-state index contributed by atoms with van der Waals surface area (Å²) in [7, 11) is 1.51. The van der Waals surface area contributed by atoms with Gasteiger partial charge in [-0.05, 0) is 25.1 Å². The number of rotatable bonds is 9. The van der Waals surface area contributed by atoms with Crippen molar-refractivity contribution in [3.63, 3.8) is 0 Å². The second-order valence-electron chi connectivity index (χ2n) is 6.74. The fraction of sp³-hybridized carbons (Fsp3) is 0.182. The summed E-state index contributed by atoms with van der Waals surface area (Å²) >= 11 is 0. The molecule has 0 aliphatic carbocycles. The van der Waals surface area contributed by atoms with Crippen LogP contribution in [-0.4, -0.2) is 35.7 Å². The number of carbonyl (C=O) groups excluding carboxylic acids is 1. The highest BCUT2D eigenvalue weighted by atomic mass is 16.6. The molecule has 1 aromatic carbocycles. The van der Waals surface area contributed by atoms with Crippen molar-refractivity contribution in [3.05, 3.63) is 75.2 Å². The minimum absolute atomic E-state index is 0.0383. The Labute approximate surface area is 188 Å². The van der Waals surface area contributed by atoms with E-state index in [1.54, 1.807) is 37.3 Å². The molecule has 168 valence electrons. The van der Waals surface area contributed by atoms with Crippen molar-refractivity contribution in [1.82, 2.24) is 10.4 Å². The maximum atomic E-state index is 12.1. The van der Waals surface area contributed by atoms with Gasteiger partial charge in [0.1, 0.15) is 23.2 Å². The molecule has 0 unspecified atom stereocenters. The lowest BCUT2D eigenvalue weighted by molar-refractivity contribution is -0.384. The minimum Gasteiger partial charge on any atom is -0.467 e. The predicted molar refractivity (Wildman–Crippen MR) is 116 cm³/mol. The van der Waals surface area contributed by atoms with Gasteiger partial charge < -0.3 is 13.9 Å². The summed E-state index contributed by atoms with van der Waals surface area (Å²) in [4.78, 5) is 26.6. The molecule has 33 heavy (non-hydrogen) atoms. The summed E-state index contributed by atoms with van der Waals surface area (Å²) < 4.78 is 16.1. The van der Waals surface area contributed by atoms with Gasteiger partial charge in [-0.2, -0.15) is 10.4 Å². The number of benzene rings is 1. The zero-order chi connectivity index (χ0) is 23.8. The molecule has 2 aromatic heterocycles. The van der Waals surface area contributed by atoms with Crippen molar-refractivity contribution in [2.75, 3.05) is 13.7 Å². The Hall–Kier alpha value is -4.56. The van der Waals surface area contributed by atoms with Crippen LogP contribution in [0.15, 0.2) is 52.0 Å². The highest BCUT2D eigenvalue weighted by Gasteiger charge is 2.14. The average molecular weight is 449 g/mol. The number of nitriles is 1. The molecular weight excluding hydrogens is 430 g/mol. The number of furan rings is 1. The van der Waals surface area contributed by atoms with E-state index >= 15 is 0 Å². The number of hydrogen-bond donors (Lipinski definition) is 1. The first-order chi connectivity index (χ1) is 15.9. The van der Waals surface area contributed by atoms with Gasteiger partial charge in [0.25, 0.3) is 11.6 Å². The molecule has 0 saturated carbocycles. The summed E-state index contributed by atoms with van der Waals surface area (Å²) in [6, 6.07) is 13.0. The fourth-order valence-corrected chi connectivity index (χ4v) is 2.89.